The van der Waals surface area contributed by atoms with E-state index in [0.29, 0.717) is 0 Å². The smallest absolute Gasteiger partial charge is 0.246 e. The molecule has 1 aromatic carbocycles. The number of nitrogens with two attached hydrogens (primary N) is 1. The number of primary amides is 1. The average Bonchev–Trinajstić information content (AvgIpc) is 2.72. The van der Waals surface area contributed by atoms with Gasteiger partial charge in [0, 0.05) is 17.0 Å². The summed E-state index contributed by atoms with van der Waals surface area (Å²) in [5.41, 5.74) is 8.43. The largest absolute Gasteiger partial charge is 0.369 e. The number of carbonyl (C=O) groups is 3. The van der Waals surface area contributed by atoms with Crippen LogP contribution in [0.3, 0.4) is 0 Å². The summed E-state index contributed by atoms with van der Waals surface area (Å²) in [6, 6.07) is 5.46. The molecule has 0 unspecified atom stereocenters. The van der Waals surface area contributed by atoms with Crippen molar-refractivity contribution < 1.29 is 14.4 Å². The summed E-state index contributed by atoms with van der Waals surface area (Å²) in [7, 11) is 0. The van der Waals surface area contributed by atoms with Crippen LogP contribution >= 0.6 is 0 Å². The van der Waals surface area contributed by atoms with Gasteiger partial charge in [-0.05, 0) is 73.1 Å². The first-order chi connectivity index (χ1) is 14.9. The van der Waals surface area contributed by atoms with Crippen LogP contribution in [0.1, 0.15) is 78.4 Å². The van der Waals surface area contributed by atoms with Crippen molar-refractivity contribution in [2.45, 2.75) is 85.1 Å². The molecule has 6 heteroatoms. The van der Waals surface area contributed by atoms with Crippen LogP contribution < -0.4 is 16.4 Å². The Kier molecular flexibility index (Phi) is 6.73. The van der Waals surface area contributed by atoms with E-state index in [-0.39, 0.29) is 40.9 Å². The molecule has 1 saturated carbocycles. The monoisotopic (exact) mass is 441 g/mol. The van der Waals surface area contributed by atoms with Gasteiger partial charge in [0.15, 0.2) is 0 Å². The average molecular weight is 442 g/mol. The number of hydrogen-bond donors (Lipinski definition) is 3. The number of aryl methyl sites for hydroxylation is 1. The first-order valence-corrected chi connectivity index (χ1v) is 11.9. The van der Waals surface area contributed by atoms with E-state index in [1.807, 2.05) is 33.8 Å². The summed E-state index contributed by atoms with van der Waals surface area (Å²) in [5.74, 6) is -0.316. The maximum Gasteiger partial charge on any atom is 0.246 e. The number of fused-ring (bicyclic) bond motifs is 3. The molecule has 0 aromatic heterocycles. The lowest BCUT2D eigenvalue weighted by atomic mass is 9.49. The molecule has 0 saturated heterocycles. The number of nitrogens with one attached hydrogen (secondary N) is 2. The number of benzene rings is 1. The normalized spacial score (nSPS) is 28.8. The molecule has 3 amide bonds. The van der Waals surface area contributed by atoms with Gasteiger partial charge in [-0.15, -0.1) is 0 Å². The molecular weight excluding hydrogens is 402 g/mol. The van der Waals surface area contributed by atoms with Crippen LogP contribution in [0.15, 0.2) is 18.2 Å². The van der Waals surface area contributed by atoms with Gasteiger partial charge in [0.05, 0.1) is 0 Å². The highest BCUT2D eigenvalue weighted by Crippen LogP contribution is 2.57. The van der Waals surface area contributed by atoms with E-state index in [4.69, 9.17) is 5.73 Å². The first-order valence-electron chi connectivity index (χ1n) is 11.9. The van der Waals surface area contributed by atoms with Crippen LogP contribution in [-0.4, -0.2) is 23.8 Å². The second-order valence-corrected chi connectivity index (χ2v) is 10.8. The minimum Gasteiger partial charge on any atom is -0.369 e. The van der Waals surface area contributed by atoms with Gasteiger partial charge in [-0.3, -0.25) is 14.4 Å². The Balaban J connectivity index is 1.80. The Morgan fingerprint density at radius 2 is 1.75 bits per heavy atom. The molecule has 5 atom stereocenters. The van der Waals surface area contributed by atoms with Gasteiger partial charge in [0.1, 0.15) is 6.04 Å². The fourth-order valence-corrected chi connectivity index (χ4v) is 5.80. The number of hydrogen-bond acceptors (Lipinski definition) is 3. The molecule has 2 aliphatic rings. The molecule has 0 aliphatic heterocycles. The number of carbonyl (C=O) groups excluding carboxylic acids is 3. The third-order valence-electron chi connectivity index (χ3n) is 8.35. The fourth-order valence-electron chi connectivity index (χ4n) is 5.80. The zero-order valence-electron chi connectivity index (χ0n) is 20.4. The van der Waals surface area contributed by atoms with E-state index in [9.17, 15) is 14.4 Å². The highest BCUT2D eigenvalue weighted by atomic mass is 16.2. The number of amides is 3. The zero-order chi connectivity index (χ0) is 23.8. The highest BCUT2D eigenvalue weighted by Gasteiger charge is 2.54. The lowest BCUT2D eigenvalue weighted by molar-refractivity contribution is -0.135. The Morgan fingerprint density at radius 3 is 2.38 bits per heavy atom. The molecule has 1 aromatic rings. The molecule has 3 rings (SSSR count). The molecule has 0 spiro atoms. The van der Waals surface area contributed by atoms with Crippen molar-refractivity contribution in [3.63, 3.8) is 0 Å². The van der Waals surface area contributed by atoms with E-state index in [0.717, 1.165) is 37.8 Å². The van der Waals surface area contributed by atoms with Crippen molar-refractivity contribution in [3.05, 3.63) is 29.3 Å². The van der Waals surface area contributed by atoms with Gasteiger partial charge in [-0.1, -0.05) is 47.1 Å². The van der Waals surface area contributed by atoms with Crippen LogP contribution in [0.2, 0.25) is 0 Å². The minimum absolute atomic E-state index is 0.114. The molecule has 0 radical (unpaired) electrons. The molecule has 6 nitrogen and oxygen atoms in total. The predicted molar refractivity (Wildman–Crippen MR) is 127 cm³/mol. The zero-order valence-corrected chi connectivity index (χ0v) is 20.4. The van der Waals surface area contributed by atoms with Gasteiger partial charge in [0.2, 0.25) is 17.7 Å². The summed E-state index contributed by atoms with van der Waals surface area (Å²) >= 11 is 0. The lowest BCUT2D eigenvalue weighted by Gasteiger charge is -2.54. The lowest BCUT2D eigenvalue weighted by Crippen LogP contribution is -2.54. The summed E-state index contributed by atoms with van der Waals surface area (Å²) < 4.78 is 0. The Morgan fingerprint density at radius 1 is 1.06 bits per heavy atom. The summed E-state index contributed by atoms with van der Waals surface area (Å²) in [6.07, 6.45) is 4.66. The summed E-state index contributed by atoms with van der Waals surface area (Å²) in [4.78, 5) is 37.5. The van der Waals surface area contributed by atoms with Crippen molar-refractivity contribution in [2.75, 3.05) is 5.32 Å². The van der Waals surface area contributed by atoms with Gasteiger partial charge >= 0.3 is 0 Å². The van der Waals surface area contributed by atoms with Crippen LogP contribution in [0.4, 0.5) is 5.69 Å². The maximum atomic E-state index is 12.8. The van der Waals surface area contributed by atoms with Crippen molar-refractivity contribution in [2.24, 2.45) is 28.9 Å². The summed E-state index contributed by atoms with van der Waals surface area (Å²) in [6.45, 7) is 11.8. The van der Waals surface area contributed by atoms with E-state index >= 15 is 0 Å². The number of anilines is 1. The molecular formula is C26H39N3O3. The van der Waals surface area contributed by atoms with Gasteiger partial charge in [-0.2, -0.15) is 0 Å². The van der Waals surface area contributed by atoms with Gasteiger partial charge < -0.3 is 16.4 Å². The molecule has 1 fully saturated rings. The number of rotatable bonds is 6. The summed E-state index contributed by atoms with van der Waals surface area (Å²) in [5, 5.41) is 5.79. The third kappa shape index (κ3) is 4.28. The molecule has 176 valence electrons. The maximum absolute atomic E-state index is 12.8. The molecule has 2 aliphatic carbocycles. The standard InChI is InChI=1S/C26H39N3O3/c1-15(2)16(3)22(30)28-17(4)23(31)29-19-10-8-18-9-11-21-25(5,20(18)14-19)12-7-13-26(21,6)24(27)32/h8,10,14-17,21H,7,9,11-13H2,1-6H3,(H2,27,32)(H,28,30)(H,29,31)/t16-,17-,21+,25+,26-/m0/s1. The Labute approximate surface area is 192 Å². The second-order valence-electron chi connectivity index (χ2n) is 10.8. The van der Waals surface area contributed by atoms with E-state index in [2.05, 4.69) is 29.7 Å². The second kappa shape index (κ2) is 8.87. The molecule has 0 heterocycles. The molecule has 0 bridgehead atoms. The van der Waals surface area contributed by atoms with Gasteiger partial charge in [-0.25, -0.2) is 0 Å². The Hall–Kier alpha value is -2.37. The highest BCUT2D eigenvalue weighted by molar-refractivity contribution is 5.97. The van der Waals surface area contributed by atoms with Crippen molar-refractivity contribution in [3.8, 4) is 0 Å². The molecule has 4 N–H and O–H groups in total. The van der Waals surface area contributed by atoms with Crippen molar-refractivity contribution in [1.82, 2.24) is 5.32 Å². The topological polar surface area (TPSA) is 101 Å². The first kappa shape index (κ1) is 24.3. The SMILES string of the molecule is CC(C)[C@H](C)C(=O)N[C@@H](C)C(=O)Nc1ccc2c(c1)[C@@]1(C)CCC[C@](C)(C(N)=O)[C@@H]1CC2. The van der Waals surface area contributed by atoms with Crippen molar-refractivity contribution >= 4 is 23.4 Å². The predicted octanol–water partition coefficient (Wildman–Crippen LogP) is 3.92. The van der Waals surface area contributed by atoms with Crippen LogP contribution in [0.5, 0.6) is 0 Å². The van der Waals surface area contributed by atoms with E-state index < -0.39 is 11.5 Å². The van der Waals surface area contributed by atoms with E-state index in [1.54, 1.807) is 6.92 Å². The van der Waals surface area contributed by atoms with Crippen LogP contribution in [0, 0.1) is 23.2 Å². The quantitative estimate of drug-likeness (QED) is 0.624. The van der Waals surface area contributed by atoms with E-state index in [1.165, 1.54) is 11.1 Å². The van der Waals surface area contributed by atoms with Gasteiger partial charge in [0.25, 0.3) is 0 Å². The third-order valence-corrected chi connectivity index (χ3v) is 8.35. The van der Waals surface area contributed by atoms with Crippen LogP contribution in [-0.2, 0) is 26.2 Å². The molecule has 32 heavy (non-hydrogen) atoms. The minimum atomic E-state index is -0.629. The Bertz CT molecular complexity index is 912. The fraction of sp³-hybridized carbons (Fsp3) is 0.654. The van der Waals surface area contributed by atoms with Crippen LogP contribution in [0.25, 0.3) is 0 Å². The van der Waals surface area contributed by atoms with Crippen molar-refractivity contribution in [1.29, 1.82) is 0 Å².